The van der Waals surface area contributed by atoms with E-state index in [4.69, 9.17) is 0 Å². The van der Waals surface area contributed by atoms with Crippen LogP contribution < -0.4 is 0 Å². The van der Waals surface area contributed by atoms with Crippen molar-refractivity contribution >= 4 is 24.0 Å². The Morgan fingerprint density at radius 2 is 1.03 bits per heavy atom. The first-order chi connectivity index (χ1) is 14.3. The molecule has 31 heavy (non-hydrogen) atoms. The molecule has 0 spiro atoms. The van der Waals surface area contributed by atoms with Crippen LogP contribution in [0.3, 0.4) is 0 Å². The van der Waals surface area contributed by atoms with Crippen LogP contribution >= 0.6 is 0 Å². The normalized spacial score (nSPS) is 18.6. The molecule has 4 heterocycles. The van der Waals surface area contributed by atoms with E-state index in [9.17, 15) is 9.59 Å². The minimum absolute atomic E-state index is 0. The van der Waals surface area contributed by atoms with Gasteiger partial charge in [0.1, 0.15) is 0 Å². The summed E-state index contributed by atoms with van der Waals surface area (Å²) in [6.07, 6.45) is 3.61. The number of hydrogen-bond donors (Lipinski definition) is 0. The molecular weight excluding hydrogens is 440 g/mol. The second-order valence-corrected chi connectivity index (χ2v) is 7.29. The van der Waals surface area contributed by atoms with Gasteiger partial charge in [0.15, 0.2) is 0 Å². The van der Waals surface area contributed by atoms with Crippen molar-refractivity contribution in [3.05, 3.63) is 92.1 Å². The molecule has 2 aromatic heterocycles. The Bertz CT molecular complexity index is 1130. The molecule has 0 saturated heterocycles. The van der Waals surface area contributed by atoms with Gasteiger partial charge in [0, 0.05) is 0 Å². The summed E-state index contributed by atoms with van der Waals surface area (Å²) in [7, 11) is 0. The molecule has 7 heteroatoms. The quantitative estimate of drug-likeness (QED) is 0.580. The smallest absolute Gasteiger partial charge is 0.623 e. The van der Waals surface area contributed by atoms with Crippen LogP contribution in [-0.2, 0) is 26.7 Å². The number of pyridine rings is 2. The van der Waals surface area contributed by atoms with Gasteiger partial charge in [-0.05, 0) is 63.1 Å². The minimum atomic E-state index is -0.201. The molecule has 2 aliphatic heterocycles. The average Bonchev–Trinajstić information content (AvgIpc) is 3.12. The molecule has 0 saturated carbocycles. The molecule has 0 fully saturated rings. The van der Waals surface area contributed by atoms with Gasteiger partial charge in [0.05, 0.1) is 34.6 Å². The standard InChI is InChI=1S/C24H22N4O2.Cu/c1-13-15(3)23(29)27-21(13)11-17-7-5-9-19(25-17)20-10-6-8-18(26-20)12-22-14(2)16(4)24(30)28-22;/h5-12H,1-4H3,(H2,25,26,27,28,29,30);/q;+2/p-2. The van der Waals surface area contributed by atoms with Crippen molar-refractivity contribution in [1.82, 2.24) is 9.97 Å². The Morgan fingerprint density at radius 3 is 1.35 bits per heavy atom. The largest absolute Gasteiger partial charge is 2.00 e. The first-order valence-electron chi connectivity index (χ1n) is 9.59. The zero-order valence-corrected chi connectivity index (χ0v) is 18.5. The first kappa shape index (κ1) is 22.4. The molecule has 0 unspecified atom stereocenters. The number of nitrogens with zero attached hydrogens (tertiary/aromatic N) is 4. The van der Waals surface area contributed by atoms with E-state index in [0.717, 1.165) is 11.1 Å². The summed E-state index contributed by atoms with van der Waals surface area (Å²) >= 11 is 0. The van der Waals surface area contributed by atoms with Crippen molar-refractivity contribution < 1.29 is 26.7 Å². The van der Waals surface area contributed by atoms with E-state index >= 15 is 0 Å². The Morgan fingerprint density at radius 1 is 0.645 bits per heavy atom. The summed E-state index contributed by atoms with van der Waals surface area (Å²) in [5.41, 5.74) is 7.14. The number of rotatable bonds is 3. The van der Waals surface area contributed by atoms with Crippen molar-refractivity contribution in [2.45, 2.75) is 27.7 Å². The topological polar surface area (TPSA) is 88.1 Å². The summed E-state index contributed by atoms with van der Waals surface area (Å²) in [6, 6.07) is 11.3. The van der Waals surface area contributed by atoms with Crippen molar-refractivity contribution in [2.75, 3.05) is 0 Å². The third-order valence-corrected chi connectivity index (χ3v) is 5.35. The van der Waals surface area contributed by atoms with Crippen molar-refractivity contribution in [3.63, 3.8) is 0 Å². The Hall–Kier alpha value is -3.28. The predicted octanol–water partition coefficient (Wildman–Crippen LogP) is 5.32. The molecule has 0 aromatic carbocycles. The van der Waals surface area contributed by atoms with Gasteiger partial charge in [0.2, 0.25) is 0 Å². The zero-order chi connectivity index (χ0) is 21.4. The molecule has 0 aliphatic carbocycles. The van der Waals surface area contributed by atoms with E-state index in [1.807, 2.05) is 50.2 Å². The van der Waals surface area contributed by atoms with Gasteiger partial charge in [-0.2, -0.15) is 0 Å². The molecule has 1 radical (unpaired) electrons. The fourth-order valence-corrected chi connectivity index (χ4v) is 3.17. The summed E-state index contributed by atoms with van der Waals surface area (Å²) in [5, 5.41) is 8.16. The van der Waals surface area contributed by atoms with Gasteiger partial charge >= 0.3 is 17.1 Å². The molecular formula is C24H20CuN4O2. The fraction of sp³-hybridized carbons (Fsp3) is 0.167. The number of carbonyl (C=O) groups excluding carboxylic acids is 2. The Kier molecular flexibility index (Phi) is 6.39. The molecule has 159 valence electrons. The molecule has 0 bridgehead atoms. The maximum atomic E-state index is 11.8. The van der Waals surface area contributed by atoms with E-state index in [-0.39, 0.29) is 28.9 Å². The van der Waals surface area contributed by atoms with Gasteiger partial charge < -0.3 is 20.2 Å². The van der Waals surface area contributed by atoms with Crippen LogP contribution in [0.2, 0.25) is 0 Å². The Balaban J connectivity index is 0.00000272. The van der Waals surface area contributed by atoms with Crippen molar-refractivity contribution in [3.8, 4) is 11.4 Å². The first-order valence-corrected chi connectivity index (χ1v) is 9.59. The van der Waals surface area contributed by atoms with Crippen LogP contribution in [0, 0.1) is 0 Å². The number of carbonyl (C=O) groups is 2. The third kappa shape index (κ3) is 4.43. The average molecular weight is 460 g/mol. The van der Waals surface area contributed by atoms with Crippen LogP contribution in [0.25, 0.3) is 34.2 Å². The van der Waals surface area contributed by atoms with Crippen LogP contribution in [0.1, 0.15) is 39.1 Å². The zero-order valence-electron chi connectivity index (χ0n) is 17.5. The second kappa shape index (κ2) is 8.84. The van der Waals surface area contributed by atoms with Gasteiger partial charge in [-0.15, -0.1) is 11.4 Å². The van der Waals surface area contributed by atoms with Crippen LogP contribution in [0.5, 0.6) is 0 Å². The van der Waals surface area contributed by atoms with Gasteiger partial charge in [-0.25, -0.2) is 9.97 Å². The second-order valence-electron chi connectivity index (χ2n) is 7.29. The van der Waals surface area contributed by atoms with Gasteiger partial charge in [0.25, 0.3) is 0 Å². The van der Waals surface area contributed by atoms with E-state index in [1.165, 1.54) is 0 Å². The molecule has 2 aromatic rings. The molecule has 4 rings (SSSR count). The molecule has 0 atom stereocenters. The summed E-state index contributed by atoms with van der Waals surface area (Å²) in [5.74, 6) is -0.402. The van der Waals surface area contributed by atoms with E-state index in [2.05, 4.69) is 20.6 Å². The number of amides is 2. The Labute approximate surface area is 191 Å². The minimum Gasteiger partial charge on any atom is -0.623 e. The fourth-order valence-electron chi connectivity index (χ4n) is 3.17. The summed E-state index contributed by atoms with van der Waals surface area (Å²) in [6.45, 7) is 7.32. The van der Waals surface area contributed by atoms with Crippen molar-refractivity contribution in [2.24, 2.45) is 0 Å². The molecule has 2 amide bonds. The maximum absolute atomic E-state index is 11.8. The van der Waals surface area contributed by atoms with Gasteiger partial charge in [-0.3, -0.25) is 0 Å². The van der Waals surface area contributed by atoms with E-state index < -0.39 is 0 Å². The van der Waals surface area contributed by atoms with Crippen LogP contribution in [0.15, 0.2) is 70.1 Å². The van der Waals surface area contributed by atoms with E-state index in [1.54, 1.807) is 26.0 Å². The molecule has 6 nitrogen and oxygen atoms in total. The SMILES string of the molecule is CC1=C(C)/C(=C/c2cccc(-c3cccc(/C=C4\[N-]C(=O)C(C)=C4C)n3)n2)[N-]C1=O.[Cu+2]. The predicted molar refractivity (Wildman–Crippen MR) is 117 cm³/mol. The van der Waals surface area contributed by atoms with Gasteiger partial charge in [-0.1, -0.05) is 35.4 Å². The monoisotopic (exact) mass is 459 g/mol. The molecule has 0 N–H and O–H groups in total. The molecule has 2 aliphatic rings. The van der Waals surface area contributed by atoms with Crippen LogP contribution in [-0.4, -0.2) is 21.8 Å². The number of aromatic nitrogens is 2. The summed E-state index contributed by atoms with van der Waals surface area (Å²) in [4.78, 5) is 32.9. The maximum Gasteiger partial charge on any atom is 2.00 e. The summed E-state index contributed by atoms with van der Waals surface area (Å²) < 4.78 is 0. The van der Waals surface area contributed by atoms with Crippen molar-refractivity contribution in [1.29, 1.82) is 0 Å². The third-order valence-electron chi connectivity index (χ3n) is 5.35. The number of allylic oxidation sites excluding steroid dienone is 2. The van der Waals surface area contributed by atoms with Crippen LogP contribution in [0.4, 0.5) is 0 Å². The van der Waals surface area contributed by atoms with E-state index in [0.29, 0.717) is 45.3 Å². The number of hydrogen-bond acceptors (Lipinski definition) is 4.